The van der Waals surface area contributed by atoms with Gasteiger partial charge in [-0.2, -0.15) is 18.4 Å². The zero-order valence-corrected chi connectivity index (χ0v) is 20.6. The maximum atomic E-state index is 13.0. The van der Waals surface area contributed by atoms with Crippen molar-refractivity contribution in [2.45, 2.75) is 19.7 Å². The van der Waals surface area contributed by atoms with Gasteiger partial charge in [-0.3, -0.25) is 4.79 Å². The number of nitrogens with zero attached hydrogens (tertiary/aromatic N) is 1. The number of ether oxygens (including phenoxy) is 2. The van der Waals surface area contributed by atoms with Crippen LogP contribution in [0.1, 0.15) is 22.3 Å². The summed E-state index contributed by atoms with van der Waals surface area (Å²) in [6, 6.07) is 22.9. The minimum atomic E-state index is -4.56. The minimum Gasteiger partial charge on any atom is -0.497 e. The standard InChI is InChI=1S/C30H23F3N2O3/c1-19-10-11-20-6-3-4-9-26(20)27(19)18-38-28-16-25(37-2)13-12-21(28)14-22(17-34)29(36)35-24-8-5-7-23(15-24)30(31,32)33/h3-16H,18H2,1-2H3,(H,35,36)/b22-14+. The van der Waals surface area contributed by atoms with E-state index in [9.17, 15) is 23.2 Å². The Kier molecular flexibility index (Phi) is 7.68. The van der Waals surface area contributed by atoms with Crippen LogP contribution in [-0.2, 0) is 17.6 Å². The van der Waals surface area contributed by atoms with E-state index in [-0.39, 0.29) is 17.9 Å². The Hall–Kier alpha value is -4.77. The fourth-order valence-corrected chi connectivity index (χ4v) is 3.95. The van der Waals surface area contributed by atoms with Gasteiger partial charge in [0.15, 0.2) is 0 Å². The molecule has 4 rings (SSSR count). The summed E-state index contributed by atoms with van der Waals surface area (Å²) in [7, 11) is 1.51. The van der Waals surface area contributed by atoms with E-state index in [0.29, 0.717) is 17.1 Å². The summed E-state index contributed by atoms with van der Waals surface area (Å²) in [6.45, 7) is 2.21. The van der Waals surface area contributed by atoms with Crippen LogP contribution in [0.15, 0.2) is 84.4 Å². The average Bonchev–Trinajstić information content (AvgIpc) is 2.91. The summed E-state index contributed by atoms with van der Waals surface area (Å²) in [5.41, 5.74) is 1.17. The number of rotatable bonds is 7. The van der Waals surface area contributed by atoms with E-state index in [0.717, 1.165) is 34.0 Å². The van der Waals surface area contributed by atoms with Crippen LogP contribution in [0.3, 0.4) is 0 Å². The first-order chi connectivity index (χ1) is 18.2. The highest BCUT2D eigenvalue weighted by atomic mass is 19.4. The Morgan fingerprint density at radius 3 is 2.55 bits per heavy atom. The van der Waals surface area contributed by atoms with E-state index < -0.39 is 17.6 Å². The highest BCUT2D eigenvalue weighted by molar-refractivity contribution is 6.09. The molecule has 0 radical (unpaired) electrons. The molecule has 192 valence electrons. The number of hydrogen-bond acceptors (Lipinski definition) is 4. The molecule has 0 atom stereocenters. The van der Waals surface area contributed by atoms with Gasteiger partial charge in [0.05, 0.1) is 12.7 Å². The molecular formula is C30H23F3N2O3. The van der Waals surface area contributed by atoms with Crippen LogP contribution in [0.2, 0.25) is 0 Å². The number of methoxy groups -OCH3 is 1. The van der Waals surface area contributed by atoms with Crippen molar-refractivity contribution in [2.75, 3.05) is 12.4 Å². The summed E-state index contributed by atoms with van der Waals surface area (Å²) in [6.07, 6.45) is -3.24. The van der Waals surface area contributed by atoms with E-state index in [2.05, 4.69) is 5.32 Å². The smallest absolute Gasteiger partial charge is 0.416 e. The van der Waals surface area contributed by atoms with E-state index in [1.165, 1.54) is 25.3 Å². The van der Waals surface area contributed by atoms with Crippen LogP contribution >= 0.6 is 0 Å². The number of benzene rings is 4. The Morgan fingerprint density at radius 2 is 1.82 bits per heavy atom. The van der Waals surface area contributed by atoms with Crippen molar-refractivity contribution in [3.8, 4) is 17.6 Å². The molecular weight excluding hydrogens is 493 g/mol. The molecule has 0 spiro atoms. The minimum absolute atomic E-state index is 0.0800. The number of aryl methyl sites for hydroxylation is 1. The molecule has 0 heterocycles. The summed E-state index contributed by atoms with van der Waals surface area (Å²) in [5.74, 6) is 0.0357. The molecule has 0 bridgehead atoms. The summed E-state index contributed by atoms with van der Waals surface area (Å²) < 4.78 is 50.6. The lowest BCUT2D eigenvalue weighted by Gasteiger charge is -2.15. The molecule has 1 amide bonds. The van der Waals surface area contributed by atoms with Gasteiger partial charge in [-0.25, -0.2) is 0 Å². The van der Waals surface area contributed by atoms with Gasteiger partial charge in [0.1, 0.15) is 29.7 Å². The van der Waals surface area contributed by atoms with Crippen molar-refractivity contribution < 1.29 is 27.4 Å². The lowest BCUT2D eigenvalue weighted by atomic mass is 10.0. The van der Waals surface area contributed by atoms with Gasteiger partial charge in [0.2, 0.25) is 0 Å². The lowest BCUT2D eigenvalue weighted by Crippen LogP contribution is -2.14. The average molecular weight is 517 g/mol. The maximum Gasteiger partial charge on any atom is 0.416 e. The fraction of sp³-hybridized carbons (Fsp3) is 0.133. The molecule has 0 aliphatic carbocycles. The molecule has 0 saturated heterocycles. The topological polar surface area (TPSA) is 71.3 Å². The van der Waals surface area contributed by atoms with Crippen molar-refractivity contribution in [1.29, 1.82) is 5.26 Å². The monoisotopic (exact) mass is 516 g/mol. The third-order valence-corrected chi connectivity index (χ3v) is 5.98. The van der Waals surface area contributed by atoms with Crippen LogP contribution in [0, 0.1) is 18.3 Å². The predicted octanol–water partition coefficient (Wildman–Crippen LogP) is 7.30. The SMILES string of the molecule is COc1ccc(/C=C(\C#N)C(=O)Nc2cccc(C(F)(F)F)c2)c(OCc2c(C)ccc3ccccc23)c1. The van der Waals surface area contributed by atoms with Crippen molar-refractivity contribution in [2.24, 2.45) is 0 Å². The molecule has 0 unspecified atom stereocenters. The highest BCUT2D eigenvalue weighted by Gasteiger charge is 2.30. The van der Waals surface area contributed by atoms with Crippen LogP contribution < -0.4 is 14.8 Å². The number of nitrogens with one attached hydrogen (secondary N) is 1. The summed E-state index contributed by atoms with van der Waals surface area (Å²) in [5, 5.41) is 14.1. The second-order valence-electron chi connectivity index (χ2n) is 8.48. The molecule has 0 aromatic heterocycles. The van der Waals surface area contributed by atoms with Gasteiger partial charge >= 0.3 is 6.18 Å². The Bertz CT molecular complexity index is 1570. The number of fused-ring (bicyclic) bond motifs is 1. The molecule has 4 aromatic rings. The first kappa shape index (κ1) is 26.3. The normalized spacial score (nSPS) is 11.6. The van der Waals surface area contributed by atoms with Gasteiger partial charge in [-0.15, -0.1) is 0 Å². The second-order valence-corrected chi connectivity index (χ2v) is 8.48. The van der Waals surface area contributed by atoms with Crippen molar-refractivity contribution >= 4 is 28.4 Å². The van der Waals surface area contributed by atoms with Gasteiger partial charge < -0.3 is 14.8 Å². The number of anilines is 1. The number of carbonyl (C=O) groups is 1. The number of hydrogen-bond donors (Lipinski definition) is 1. The van der Waals surface area contributed by atoms with Gasteiger partial charge in [0, 0.05) is 22.9 Å². The third-order valence-electron chi connectivity index (χ3n) is 5.98. The van der Waals surface area contributed by atoms with Gasteiger partial charge in [-0.1, -0.05) is 42.5 Å². The third kappa shape index (κ3) is 5.95. The largest absolute Gasteiger partial charge is 0.497 e. The first-order valence-electron chi connectivity index (χ1n) is 11.6. The van der Waals surface area contributed by atoms with Crippen LogP contribution in [0.4, 0.5) is 18.9 Å². The quantitative estimate of drug-likeness (QED) is 0.207. The van der Waals surface area contributed by atoms with E-state index >= 15 is 0 Å². The van der Waals surface area contributed by atoms with E-state index in [1.54, 1.807) is 18.2 Å². The number of alkyl halides is 3. The Morgan fingerprint density at radius 1 is 1.03 bits per heavy atom. The Balaban J connectivity index is 1.63. The van der Waals surface area contributed by atoms with Gasteiger partial charge in [0.25, 0.3) is 5.91 Å². The molecule has 0 aliphatic heterocycles. The predicted molar refractivity (Wildman–Crippen MR) is 140 cm³/mol. The molecule has 1 N–H and O–H groups in total. The molecule has 0 fully saturated rings. The van der Waals surface area contributed by atoms with Crippen LogP contribution in [0.5, 0.6) is 11.5 Å². The van der Waals surface area contributed by atoms with Crippen molar-refractivity contribution in [1.82, 2.24) is 0 Å². The van der Waals surface area contributed by atoms with Crippen molar-refractivity contribution in [3.63, 3.8) is 0 Å². The molecule has 5 nitrogen and oxygen atoms in total. The zero-order valence-electron chi connectivity index (χ0n) is 20.6. The lowest BCUT2D eigenvalue weighted by molar-refractivity contribution is -0.137. The molecule has 0 saturated carbocycles. The molecule has 4 aromatic carbocycles. The summed E-state index contributed by atoms with van der Waals surface area (Å²) in [4.78, 5) is 12.8. The number of nitriles is 1. The number of carbonyl (C=O) groups excluding carboxylic acids is 1. The van der Waals surface area contributed by atoms with Crippen LogP contribution in [-0.4, -0.2) is 13.0 Å². The number of halogens is 3. The maximum absolute atomic E-state index is 13.0. The van der Waals surface area contributed by atoms with Gasteiger partial charge in [-0.05, 0) is 59.7 Å². The Labute approximate surface area is 217 Å². The molecule has 8 heteroatoms. The van der Waals surface area contributed by atoms with Crippen LogP contribution in [0.25, 0.3) is 16.8 Å². The first-order valence-corrected chi connectivity index (χ1v) is 11.6. The van der Waals surface area contributed by atoms with E-state index in [1.807, 2.05) is 49.4 Å². The fourth-order valence-electron chi connectivity index (χ4n) is 3.95. The molecule has 38 heavy (non-hydrogen) atoms. The zero-order chi connectivity index (χ0) is 27.3. The second kappa shape index (κ2) is 11.1. The summed E-state index contributed by atoms with van der Waals surface area (Å²) >= 11 is 0. The number of amides is 1. The van der Waals surface area contributed by atoms with Crippen molar-refractivity contribution in [3.05, 3.63) is 107 Å². The molecule has 0 aliphatic rings. The van der Waals surface area contributed by atoms with E-state index in [4.69, 9.17) is 9.47 Å². The highest BCUT2D eigenvalue weighted by Crippen LogP contribution is 2.32.